The minimum absolute atomic E-state index is 0.0830. The molecule has 0 spiro atoms. The third-order valence-corrected chi connectivity index (χ3v) is 5.10. The number of benzene rings is 2. The van der Waals surface area contributed by atoms with E-state index in [1.54, 1.807) is 23.1 Å². The minimum Gasteiger partial charge on any atom is -0.343 e. The largest absolute Gasteiger partial charge is 0.416 e. The summed E-state index contributed by atoms with van der Waals surface area (Å²) >= 11 is 0. The molecule has 1 aliphatic rings. The number of nitrogens with zero attached hydrogens (tertiary/aromatic N) is 2. The fourth-order valence-corrected chi connectivity index (χ4v) is 3.33. The van der Waals surface area contributed by atoms with Crippen LogP contribution in [0, 0.1) is 6.92 Å². The number of alkyl halides is 3. The molecule has 0 saturated carbocycles. The number of carbonyl (C=O) groups excluding carboxylic acids is 2. The lowest BCUT2D eigenvalue weighted by atomic mass is 10.1. The number of amides is 2. The summed E-state index contributed by atoms with van der Waals surface area (Å²) in [5.74, 6) is -0.472. The molecule has 1 heterocycles. The lowest BCUT2D eigenvalue weighted by Gasteiger charge is -2.34. The van der Waals surface area contributed by atoms with Crippen molar-refractivity contribution in [2.75, 3.05) is 32.7 Å². The van der Waals surface area contributed by atoms with Crippen LogP contribution in [0.4, 0.5) is 13.2 Å². The minimum atomic E-state index is -4.36. The first-order chi connectivity index (χ1) is 14.2. The van der Waals surface area contributed by atoms with Crippen LogP contribution in [0.2, 0.25) is 0 Å². The van der Waals surface area contributed by atoms with Gasteiger partial charge in [-0.1, -0.05) is 35.9 Å². The maximum absolute atomic E-state index is 12.9. The molecule has 160 valence electrons. The summed E-state index contributed by atoms with van der Waals surface area (Å²) < 4.78 is 38.6. The number of piperazine rings is 1. The Balaban J connectivity index is 1.45. The highest BCUT2D eigenvalue weighted by Gasteiger charge is 2.30. The van der Waals surface area contributed by atoms with Crippen LogP contribution in [0.3, 0.4) is 0 Å². The van der Waals surface area contributed by atoms with Gasteiger partial charge < -0.3 is 10.2 Å². The monoisotopic (exact) mass is 419 g/mol. The van der Waals surface area contributed by atoms with Crippen molar-refractivity contribution in [2.24, 2.45) is 0 Å². The third-order valence-electron chi connectivity index (χ3n) is 5.10. The molecule has 2 aromatic rings. The second-order valence-electron chi connectivity index (χ2n) is 7.40. The molecule has 1 aliphatic heterocycles. The molecule has 0 radical (unpaired) electrons. The molecule has 0 bridgehead atoms. The maximum atomic E-state index is 12.9. The molecule has 0 atom stereocenters. The summed E-state index contributed by atoms with van der Waals surface area (Å²) in [4.78, 5) is 28.2. The highest BCUT2D eigenvalue weighted by molar-refractivity contribution is 5.96. The number of hydrogen-bond acceptors (Lipinski definition) is 3. The van der Waals surface area contributed by atoms with Gasteiger partial charge in [0, 0.05) is 38.3 Å². The van der Waals surface area contributed by atoms with E-state index >= 15 is 0 Å². The van der Waals surface area contributed by atoms with E-state index in [2.05, 4.69) is 5.32 Å². The topological polar surface area (TPSA) is 52.7 Å². The number of hydrogen-bond donors (Lipinski definition) is 1. The van der Waals surface area contributed by atoms with E-state index in [0.29, 0.717) is 43.9 Å². The van der Waals surface area contributed by atoms with Crippen LogP contribution in [0.15, 0.2) is 48.5 Å². The Morgan fingerprint density at radius 3 is 2.30 bits per heavy atom. The Morgan fingerprint density at radius 1 is 1.00 bits per heavy atom. The van der Waals surface area contributed by atoms with E-state index in [0.717, 1.165) is 17.7 Å². The summed E-state index contributed by atoms with van der Waals surface area (Å²) in [6, 6.07) is 12.4. The van der Waals surface area contributed by atoms with Gasteiger partial charge in [0.1, 0.15) is 0 Å². The van der Waals surface area contributed by atoms with Gasteiger partial charge in [-0.05, 0) is 30.7 Å². The Morgan fingerprint density at radius 2 is 1.67 bits per heavy atom. The molecular weight excluding hydrogens is 395 g/mol. The number of carbonyl (C=O) groups is 2. The zero-order chi connectivity index (χ0) is 21.7. The first kappa shape index (κ1) is 21.8. The second-order valence-corrected chi connectivity index (χ2v) is 7.40. The van der Waals surface area contributed by atoms with Crippen molar-refractivity contribution < 1.29 is 22.8 Å². The Bertz CT molecular complexity index is 889. The van der Waals surface area contributed by atoms with Crippen molar-refractivity contribution >= 4 is 11.8 Å². The van der Waals surface area contributed by atoms with E-state index in [1.807, 2.05) is 24.0 Å². The van der Waals surface area contributed by atoms with Crippen LogP contribution < -0.4 is 5.32 Å². The van der Waals surface area contributed by atoms with Crippen molar-refractivity contribution in [3.05, 3.63) is 70.8 Å². The van der Waals surface area contributed by atoms with Crippen LogP contribution >= 0.6 is 0 Å². The Kier molecular flexibility index (Phi) is 6.77. The van der Waals surface area contributed by atoms with E-state index in [9.17, 15) is 22.8 Å². The molecule has 0 aliphatic carbocycles. The standard InChI is InChI=1S/C22H24F3N3O2/c1-16-5-7-18(8-6-16)21(30)26-14-20(29)28-11-9-27(10-12-28)15-17-3-2-4-19(13-17)22(23,24)25/h2-8,13H,9-12,14-15H2,1H3,(H,26,30). The van der Waals surface area contributed by atoms with Crippen LogP contribution in [0.1, 0.15) is 27.0 Å². The van der Waals surface area contributed by atoms with Crippen molar-refractivity contribution in [1.29, 1.82) is 0 Å². The zero-order valence-corrected chi connectivity index (χ0v) is 16.7. The molecule has 2 amide bonds. The predicted molar refractivity (Wildman–Crippen MR) is 107 cm³/mol. The molecule has 3 rings (SSSR count). The van der Waals surface area contributed by atoms with Gasteiger partial charge in [-0.2, -0.15) is 13.2 Å². The lowest BCUT2D eigenvalue weighted by molar-refractivity contribution is -0.137. The van der Waals surface area contributed by atoms with Crippen LogP contribution in [0.5, 0.6) is 0 Å². The number of halogens is 3. The van der Waals surface area contributed by atoms with Crippen molar-refractivity contribution in [1.82, 2.24) is 15.1 Å². The van der Waals surface area contributed by atoms with Gasteiger partial charge >= 0.3 is 6.18 Å². The molecule has 0 unspecified atom stereocenters. The normalized spacial score (nSPS) is 15.1. The fourth-order valence-electron chi connectivity index (χ4n) is 3.33. The Labute approximate surface area is 173 Å². The summed E-state index contributed by atoms with van der Waals surface area (Å²) in [5.41, 5.74) is 1.48. The summed E-state index contributed by atoms with van der Waals surface area (Å²) in [6.07, 6.45) is -4.36. The smallest absolute Gasteiger partial charge is 0.343 e. The van der Waals surface area contributed by atoms with Crippen LogP contribution in [-0.4, -0.2) is 54.3 Å². The van der Waals surface area contributed by atoms with Crippen molar-refractivity contribution in [2.45, 2.75) is 19.6 Å². The third kappa shape index (κ3) is 5.82. The van der Waals surface area contributed by atoms with Crippen molar-refractivity contribution in [3.8, 4) is 0 Å². The molecule has 2 aromatic carbocycles. The molecule has 5 nitrogen and oxygen atoms in total. The van der Waals surface area contributed by atoms with E-state index < -0.39 is 11.7 Å². The molecular formula is C22H24F3N3O2. The van der Waals surface area contributed by atoms with E-state index in [1.165, 1.54) is 6.07 Å². The van der Waals surface area contributed by atoms with Crippen molar-refractivity contribution in [3.63, 3.8) is 0 Å². The average Bonchev–Trinajstić information content (AvgIpc) is 2.72. The average molecular weight is 419 g/mol. The SMILES string of the molecule is Cc1ccc(C(=O)NCC(=O)N2CCN(Cc3cccc(C(F)(F)F)c3)CC2)cc1. The predicted octanol–water partition coefficient (Wildman–Crippen LogP) is 3.09. The summed E-state index contributed by atoms with van der Waals surface area (Å²) in [6.45, 7) is 4.31. The maximum Gasteiger partial charge on any atom is 0.416 e. The highest BCUT2D eigenvalue weighted by Crippen LogP contribution is 2.29. The molecule has 1 N–H and O–H groups in total. The van der Waals surface area contributed by atoms with E-state index in [4.69, 9.17) is 0 Å². The van der Waals surface area contributed by atoms with Crippen LogP contribution in [0.25, 0.3) is 0 Å². The second kappa shape index (κ2) is 9.30. The van der Waals surface area contributed by atoms with Gasteiger partial charge in [-0.15, -0.1) is 0 Å². The number of nitrogens with one attached hydrogen (secondary N) is 1. The van der Waals surface area contributed by atoms with Gasteiger partial charge in [0.15, 0.2) is 0 Å². The molecule has 30 heavy (non-hydrogen) atoms. The van der Waals surface area contributed by atoms with Gasteiger partial charge in [0.2, 0.25) is 5.91 Å². The van der Waals surface area contributed by atoms with Gasteiger partial charge in [-0.25, -0.2) is 0 Å². The molecule has 1 saturated heterocycles. The molecule has 0 aromatic heterocycles. The van der Waals surface area contributed by atoms with Gasteiger partial charge in [-0.3, -0.25) is 14.5 Å². The summed E-state index contributed by atoms with van der Waals surface area (Å²) in [5, 5.41) is 2.64. The lowest BCUT2D eigenvalue weighted by Crippen LogP contribution is -2.50. The quantitative estimate of drug-likeness (QED) is 0.811. The molecule has 8 heteroatoms. The first-order valence-corrected chi connectivity index (χ1v) is 9.73. The Hall–Kier alpha value is -2.87. The van der Waals surface area contributed by atoms with Gasteiger partial charge in [0.05, 0.1) is 12.1 Å². The first-order valence-electron chi connectivity index (χ1n) is 9.73. The zero-order valence-electron chi connectivity index (χ0n) is 16.7. The van der Waals surface area contributed by atoms with Crippen LogP contribution in [-0.2, 0) is 17.5 Å². The van der Waals surface area contributed by atoms with Gasteiger partial charge in [0.25, 0.3) is 5.91 Å². The number of rotatable bonds is 5. The summed E-state index contributed by atoms with van der Waals surface area (Å²) in [7, 11) is 0. The fraction of sp³-hybridized carbons (Fsp3) is 0.364. The van der Waals surface area contributed by atoms with E-state index in [-0.39, 0.29) is 18.4 Å². The molecule has 1 fully saturated rings. The highest BCUT2D eigenvalue weighted by atomic mass is 19.4. The number of aryl methyl sites for hydroxylation is 1.